The summed E-state index contributed by atoms with van der Waals surface area (Å²) in [7, 11) is 0. The monoisotopic (exact) mass is 82.0 g/mol. The molecule has 30 valence electrons. The number of hydrogen-bond acceptors (Lipinski definition) is 3. The van der Waals surface area contributed by atoms with Gasteiger partial charge in [0, 0.05) is 5.87 Å². The summed E-state index contributed by atoms with van der Waals surface area (Å²) in [5.41, 5.74) is 0. The zero-order valence-electron chi connectivity index (χ0n) is 2.96. The van der Waals surface area contributed by atoms with Crippen molar-refractivity contribution >= 4 is 12.3 Å². The van der Waals surface area contributed by atoms with E-state index in [1.54, 1.807) is 0 Å². The summed E-state index contributed by atoms with van der Waals surface area (Å²) in [4.78, 5) is 0. The lowest BCUT2D eigenvalue weighted by Crippen LogP contribution is -1.77. The van der Waals surface area contributed by atoms with Crippen LogP contribution in [0, 0.1) is 0 Å². The lowest BCUT2D eigenvalue weighted by molar-refractivity contribution is 0.494. The smallest absolute Gasteiger partial charge is 0.202 e. The van der Waals surface area contributed by atoms with Crippen LogP contribution in [0.4, 0.5) is 0 Å². The van der Waals surface area contributed by atoms with E-state index in [0.717, 1.165) is 0 Å². The van der Waals surface area contributed by atoms with Gasteiger partial charge in [-0.3, -0.25) is 0 Å². The first-order valence-corrected chi connectivity index (χ1v) is 1.44. The number of ether oxygens (including phenoxy) is 1. The summed E-state index contributed by atoms with van der Waals surface area (Å²) in [6.45, 7) is 0. The van der Waals surface area contributed by atoms with E-state index in [0.29, 0.717) is 0 Å². The van der Waals surface area contributed by atoms with Crippen LogP contribution in [-0.4, -0.2) is 12.3 Å². The van der Waals surface area contributed by atoms with E-state index in [4.69, 9.17) is 0 Å². The first kappa shape index (κ1) is 3.12. The molecular weight excluding hydrogens is 80.0 g/mol. The maximum Gasteiger partial charge on any atom is 0.202 e. The summed E-state index contributed by atoms with van der Waals surface area (Å²) in [5, 5.41) is 6.63. The minimum absolute atomic E-state index is 1.23. The zero-order valence-corrected chi connectivity index (χ0v) is 2.96. The predicted octanol–water partition coefficient (Wildman–Crippen LogP) is 0.143. The van der Waals surface area contributed by atoms with E-state index in [2.05, 4.69) is 20.8 Å². The number of hydrogen-bond donors (Lipinski definition) is 0. The van der Waals surface area contributed by atoms with Crippen LogP contribution in [0.2, 0.25) is 0 Å². The van der Waals surface area contributed by atoms with Crippen LogP contribution in [0.5, 0.6) is 0 Å². The minimum Gasteiger partial charge on any atom is -0.442 e. The van der Waals surface area contributed by atoms with Crippen LogP contribution >= 0.6 is 0 Å². The summed E-state index contributed by atoms with van der Waals surface area (Å²) in [6, 6.07) is 0. The van der Waals surface area contributed by atoms with Crippen LogP contribution in [-0.2, 0) is 4.74 Å². The van der Waals surface area contributed by atoms with E-state index in [1.165, 1.54) is 12.7 Å². The fourth-order valence-corrected chi connectivity index (χ4v) is 0.169. The van der Waals surface area contributed by atoms with Crippen molar-refractivity contribution in [2.24, 2.45) is 10.2 Å². The second kappa shape index (κ2) is 1.38. The Kier molecular flexibility index (Phi) is 0.719. The van der Waals surface area contributed by atoms with Crippen LogP contribution in [0.3, 0.4) is 0 Å². The third-order valence-corrected chi connectivity index (χ3v) is 0.344. The highest BCUT2D eigenvalue weighted by molar-refractivity contribution is 5.59. The lowest BCUT2D eigenvalue weighted by atomic mass is 11.0. The van der Waals surface area contributed by atoms with Crippen molar-refractivity contribution in [3.63, 3.8) is 0 Å². The Morgan fingerprint density at radius 3 is 2.83 bits per heavy atom. The van der Waals surface area contributed by atoms with Gasteiger partial charge < -0.3 is 4.74 Å². The first-order valence-electron chi connectivity index (χ1n) is 1.44. The molecule has 0 unspecified atom stereocenters. The molecule has 0 aliphatic carbocycles. The van der Waals surface area contributed by atoms with Crippen molar-refractivity contribution in [1.82, 2.24) is 0 Å². The molecule has 0 aromatic heterocycles. The summed E-state index contributed by atoms with van der Waals surface area (Å²) < 4.78 is 4.45. The normalized spacial score (nSPS) is 14.7. The fraction of sp³-hybridized carbons (Fsp3) is 0. The maximum absolute atomic E-state index is 4.45. The van der Waals surface area contributed by atoms with E-state index < -0.39 is 0 Å². The Labute approximate surface area is 34.6 Å². The third-order valence-electron chi connectivity index (χ3n) is 0.344. The second-order valence-electron chi connectivity index (χ2n) is 0.704. The van der Waals surface area contributed by atoms with Gasteiger partial charge in [0.25, 0.3) is 0 Å². The molecular formula is C3H2N2O. The predicted molar refractivity (Wildman–Crippen MR) is 21.6 cm³/mol. The molecule has 0 saturated carbocycles. The van der Waals surface area contributed by atoms with Crippen molar-refractivity contribution in [3.8, 4) is 0 Å². The molecule has 3 nitrogen and oxygen atoms in total. The van der Waals surface area contributed by atoms with Crippen molar-refractivity contribution in [1.29, 1.82) is 0 Å². The van der Waals surface area contributed by atoms with Gasteiger partial charge >= 0.3 is 0 Å². The summed E-state index contributed by atoms with van der Waals surface area (Å²) in [5.74, 6) is 2.36. The van der Waals surface area contributed by atoms with Gasteiger partial charge in [0.05, 0.1) is 0 Å². The Morgan fingerprint density at radius 1 is 1.67 bits per heavy atom. The Bertz CT molecular complexity index is 121. The van der Waals surface area contributed by atoms with Gasteiger partial charge in [-0.1, -0.05) is 5.10 Å². The largest absolute Gasteiger partial charge is 0.442 e. The van der Waals surface area contributed by atoms with Crippen LogP contribution in [0.1, 0.15) is 0 Å². The SMILES string of the molecule is C1=COC=NN=1. The molecule has 0 N–H and O–H groups in total. The molecule has 1 aliphatic rings. The highest BCUT2D eigenvalue weighted by Crippen LogP contribution is 1.73. The molecule has 0 aromatic rings. The summed E-state index contributed by atoms with van der Waals surface area (Å²) >= 11 is 0. The van der Waals surface area contributed by atoms with Crippen molar-refractivity contribution in [3.05, 3.63) is 6.26 Å². The standard InChI is InChI=1S/C3H2N2O/c1-2-6-3-5-4-1/h2-3H. The third kappa shape index (κ3) is 0.445. The van der Waals surface area contributed by atoms with Gasteiger partial charge in [0.15, 0.2) is 6.26 Å². The Balaban J connectivity index is 2.78. The zero-order chi connectivity index (χ0) is 4.24. The van der Waals surface area contributed by atoms with Crippen LogP contribution < -0.4 is 0 Å². The average Bonchev–Trinajstić information content (AvgIpc) is 1.72. The molecule has 3 heteroatoms. The lowest BCUT2D eigenvalue weighted by Gasteiger charge is -1.82. The second-order valence-corrected chi connectivity index (χ2v) is 0.704. The molecule has 0 bridgehead atoms. The van der Waals surface area contributed by atoms with Gasteiger partial charge in [-0.15, -0.1) is 5.10 Å². The van der Waals surface area contributed by atoms with Gasteiger partial charge in [-0.2, -0.15) is 0 Å². The topological polar surface area (TPSA) is 34.0 Å². The molecule has 0 aromatic carbocycles. The molecule has 0 fully saturated rings. The van der Waals surface area contributed by atoms with Crippen molar-refractivity contribution in [2.75, 3.05) is 0 Å². The van der Waals surface area contributed by atoms with E-state index in [1.807, 2.05) is 0 Å². The molecule has 0 radical (unpaired) electrons. The number of rotatable bonds is 0. The quantitative estimate of drug-likeness (QED) is 0.409. The van der Waals surface area contributed by atoms with E-state index >= 15 is 0 Å². The molecule has 1 heterocycles. The van der Waals surface area contributed by atoms with Gasteiger partial charge in [0.1, 0.15) is 0 Å². The van der Waals surface area contributed by atoms with Crippen LogP contribution in [0.15, 0.2) is 16.5 Å². The van der Waals surface area contributed by atoms with Crippen LogP contribution in [0.25, 0.3) is 0 Å². The van der Waals surface area contributed by atoms with Gasteiger partial charge in [-0.05, 0) is 0 Å². The fourth-order valence-electron chi connectivity index (χ4n) is 0.169. The molecule has 1 rings (SSSR count). The molecule has 0 saturated heterocycles. The highest BCUT2D eigenvalue weighted by atomic mass is 16.5. The van der Waals surface area contributed by atoms with Crippen molar-refractivity contribution in [2.45, 2.75) is 0 Å². The first-order chi connectivity index (χ1) is 3.00. The average molecular weight is 82.1 g/mol. The summed E-state index contributed by atoms with van der Waals surface area (Å²) in [6.07, 6.45) is 2.56. The molecule has 0 spiro atoms. The van der Waals surface area contributed by atoms with Gasteiger partial charge in [-0.25, -0.2) is 0 Å². The maximum atomic E-state index is 4.45. The van der Waals surface area contributed by atoms with E-state index in [9.17, 15) is 0 Å². The Morgan fingerprint density at radius 2 is 2.67 bits per heavy atom. The molecule has 0 atom stereocenters. The molecule has 1 aliphatic heterocycles. The van der Waals surface area contributed by atoms with E-state index in [-0.39, 0.29) is 0 Å². The van der Waals surface area contributed by atoms with Crippen molar-refractivity contribution < 1.29 is 4.74 Å². The molecule has 0 amide bonds. The van der Waals surface area contributed by atoms with Gasteiger partial charge in [0.2, 0.25) is 6.40 Å². The Hall–Kier alpha value is -1.08. The number of nitrogens with zero attached hydrogens (tertiary/aromatic N) is 2. The minimum atomic E-state index is 1.23. The molecule has 6 heavy (non-hydrogen) atoms. The highest BCUT2D eigenvalue weighted by Gasteiger charge is 1.69.